The zero-order chi connectivity index (χ0) is 18.9. The van der Waals surface area contributed by atoms with Crippen molar-refractivity contribution in [1.82, 2.24) is 0 Å². The van der Waals surface area contributed by atoms with Gasteiger partial charge in [-0.2, -0.15) is 0 Å². The molecule has 0 bridgehead atoms. The number of ether oxygens (including phenoxy) is 2. The monoisotopic (exact) mass is 373 g/mol. The van der Waals surface area contributed by atoms with Gasteiger partial charge in [0.05, 0.1) is 17.7 Å². The molecule has 2 aromatic carbocycles. The molecule has 0 saturated heterocycles. The number of amides is 1. The minimum atomic E-state index is -0.553. The lowest BCUT2D eigenvalue weighted by Gasteiger charge is -2.09. The summed E-state index contributed by atoms with van der Waals surface area (Å²) in [5.74, 6) is -1.45. The fraction of sp³-hybridized carbons (Fsp3) is 0.211. The van der Waals surface area contributed by atoms with Gasteiger partial charge >= 0.3 is 11.9 Å². The van der Waals surface area contributed by atoms with Crippen LogP contribution in [0.5, 0.6) is 0 Å². The van der Waals surface area contributed by atoms with Crippen LogP contribution >= 0.6 is 11.8 Å². The van der Waals surface area contributed by atoms with Gasteiger partial charge in [0.15, 0.2) is 6.61 Å². The molecule has 0 aliphatic rings. The predicted molar refractivity (Wildman–Crippen MR) is 99.5 cm³/mol. The van der Waals surface area contributed by atoms with E-state index in [1.807, 2.05) is 18.4 Å². The molecule has 2 aromatic rings. The van der Waals surface area contributed by atoms with Crippen LogP contribution in [0.15, 0.2) is 53.4 Å². The maximum atomic E-state index is 12.1. The fourth-order valence-electron chi connectivity index (χ4n) is 2.12. The van der Waals surface area contributed by atoms with E-state index in [0.717, 1.165) is 4.90 Å². The van der Waals surface area contributed by atoms with Gasteiger partial charge in [-0.15, -0.1) is 11.8 Å². The zero-order valence-corrected chi connectivity index (χ0v) is 15.3. The highest BCUT2D eigenvalue weighted by Gasteiger charge is 2.14. The maximum absolute atomic E-state index is 12.1. The first-order valence-corrected chi connectivity index (χ1v) is 9.14. The summed E-state index contributed by atoms with van der Waals surface area (Å²) < 4.78 is 9.95. The fourth-order valence-corrected chi connectivity index (χ4v) is 2.71. The van der Waals surface area contributed by atoms with Gasteiger partial charge in [-0.05, 0) is 49.6 Å². The van der Waals surface area contributed by atoms with E-state index in [4.69, 9.17) is 9.47 Å². The van der Waals surface area contributed by atoms with Crippen LogP contribution in [0, 0.1) is 0 Å². The van der Waals surface area contributed by atoms with E-state index in [0.29, 0.717) is 23.4 Å². The van der Waals surface area contributed by atoms with Crippen LogP contribution in [0.25, 0.3) is 0 Å². The average molecular weight is 373 g/mol. The maximum Gasteiger partial charge on any atom is 0.339 e. The predicted octanol–water partition coefficient (Wildman–Crippen LogP) is 3.38. The van der Waals surface area contributed by atoms with Crippen LogP contribution in [0.1, 0.15) is 27.6 Å². The largest absolute Gasteiger partial charge is 0.462 e. The smallest absolute Gasteiger partial charge is 0.339 e. The molecule has 7 heteroatoms. The lowest BCUT2D eigenvalue weighted by Crippen LogP contribution is -2.21. The van der Waals surface area contributed by atoms with Crippen LogP contribution in [-0.4, -0.2) is 37.3 Å². The molecule has 0 unspecified atom stereocenters. The van der Waals surface area contributed by atoms with Crippen molar-refractivity contribution in [3.8, 4) is 0 Å². The Balaban J connectivity index is 1.88. The standard InChI is InChI=1S/C19H19NO5S/c1-3-24-18(22)13-8-10-14(11-9-13)20-17(21)12-25-19(23)15-6-4-5-7-16(15)26-2/h4-11H,3,12H2,1-2H3,(H,20,21). The Bertz CT molecular complexity index is 789. The molecular formula is C19H19NO5S. The molecule has 0 aliphatic heterocycles. The summed E-state index contributed by atoms with van der Waals surface area (Å²) in [6.07, 6.45) is 1.86. The number of rotatable bonds is 7. The van der Waals surface area contributed by atoms with Gasteiger partial charge in [0.2, 0.25) is 0 Å². The van der Waals surface area contributed by atoms with Crippen molar-refractivity contribution in [3.63, 3.8) is 0 Å². The Morgan fingerprint density at radius 1 is 0.962 bits per heavy atom. The second-order valence-corrected chi connectivity index (χ2v) is 5.97. The first kappa shape index (κ1) is 19.5. The number of nitrogens with one attached hydrogen (secondary N) is 1. The van der Waals surface area contributed by atoms with Crippen LogP contribution in [0.4, 0.5) is 5.69 Å². The molecule has 0 aromatic heterocycles. The van der Waals surface area contributed by atoms with Gasteiger partial charge in [-0.1, -0.05) is 12.1 Å². The van der Waals surface area contributed by atoms with E-state index in [1.54, 1.807) is 43.3 Å². The number of hydrogen-bond donors (Lipinski definition) is 1. The molecular weight excluding hydrogens is 354 g/mol. The highest BCUT2D eigenvalue weighted by atomic mass is 32.2. The number of thioether (sulfide) groups is 1. The SMILES string of the molecule is CCOC(=O)c1ccc(NC(=O)COC(=O)c2ccccc2SC)cc1. The molecule has 0 heterocycles. The van der Waals surface area contributed by atoms with Gasteiger partial charge < -0.3 is 14.8 Å². The Hall–Kier alpha value is -2.80. The molecule has 26 heavy (non-hydrogen) atoms. The Morgan fingerprint density at radius 3 is 2.31 bits per heavy atom. The van der Waals surface area contributed by atoms with Gasteiger partial charge in [0.1, 0.15) is 0 Å². The first-order chi connectivity index (χ1) is 12.5. The highest BCUT2D eigenvalue weighted by molar-refractivity contribution is 7.98. The summed E-state index contributed by atoms with van der Waals surface area (Å²) in [7, 11) is 0. The molecule has 136 valence electrons. The highest BCUT2D eigenvalue weighted by Crippen LogP contribution is 2.20. The quantitative estimate of drug-likeness (QED) is 0.592. The molecule has 0 spiro atoms. The third-order valence-electron chi connectivity index (χ3n) is 3.34. The van der Waals surface area contributed by atoms with E-state index in [-0.39, 0.29) is 0 Å². The third-order valence-corrected chi connectivity index (χ3v) is 4.14. The topological polar surface area (TPSA) is 81.7 Å². The molecule has 2 rings (SSSR count). The number of carbonyl (C=O) groups excluding carboxylic acids is 3. The van der Waals surface area contributed by atoms with Crippen molar-refractivity contribution >= 4 is 35.3 Å². The Labute approximate surface area is 155 Å². The lowest BCUT2D eigenvalue weighted by atomic mass is 10.2. The molecule has 0 radical (unpaired) electrons. The van der Waals surface area contributed by atoms with E-state index in [2.05, 4.69) is 5.32 Å². The summed E-state index contributed by atoms with van der Waals surface area (Å²) in [6.45, 7) is 1.62. The summed E-state index contributed by atoms with van der Waals surface area (Å²) in [5.41, 5.74) is 1.31. The molecule has 6 nitrogen and oxygen atoms in total. The zero-order valence-electron chi connectivity index (χ0n) is 14.5. The van der Waals surface area contributed by atoms with Crippen LogP contribution in [-0.2, 0) is 14.3 Å². The van der Waals surface area contributed by atoms with Gasteiger partial charge in [0.25, 0.3) is 5.91 Å². The number of anilines is 1. The molecule has 0 atom stereocenters. The van der Waals surface area contributed by atoms with Crippen molar-refractivity contribution < 1.29 is 23.9 Å². The van der Waals surface area contributed by atoms with Crippen LogP contribution < -0.4 is 5.32 Å². The van der Waals surface area contributed by atoms with E-state index >= 15 is 0 Å². The molecule has 0 aliphatic carbocycles. The number of esters is 2. The van der Waals surface area contributed by atoms with E-state index in [1.165, 1.54) is 11.8 Å². The normalized spacial score (nSPS) is 10.1. The van der Waals surface area contributed by atoms with E-state index < -0.39 is 24.5 Å². The molecule has 0 fully saturated rings. The first-order valence-electron chi connectivity index (χ1n) is 7.92. The number of carbonyl (C=O) groups is 3. The summed E-state index contributed by atoms with van der Waals surface area (Å²) >= 11 is 1.43. The van der Waals surface area contributed by atoms with Crippen molar-refractivity contribution in [2.45, 2.75) is 11.8 Å². The molecule has 1 N–H and O–H groups in total. The second kappa shape index (κ2) is 9.62. The molecule has 0 saturated carbocycles. The summed E-state index contributed by atoms with van der Waals surface area (Å²) in [6, 6.07) is 13.3. The van der Waals surface area contributed by atoms with Crippen molar-refractivity contribution in [2.24, 2.45) is 0 Å². The van der Waals surface area contributed by atoms with Gasteiger partial charge in [0, 0.05) is 10.6 Å². The Morgan fingerprint density at radius 2 is 1.65 bits per heavy atom. The van der Waals surface area contributed by atoms with Gasteiger partial charge in [-0.3, -0.25) is 4.79 Å². The average Bonchev–Trinajstić information content (AvgIpc) is 2.66. The number of hydrogen-bond acceptors (Lipinski definition) is 6. The minimum absolute atomic E-state index is 0.294. The van der Waals surface area contributed by atoms with Gasteiger partial charge in [-0.25, -0.2) is 9.59 Å². The molecule has 1 amide bonds. The minimum Gasteiger partial charge on any atom is -0.462 e. The summed E-state index contributed by atoms with van der Waals surface area (Å²) in [5, 5.41) is 2.60. The second-order valence-electron chi connectivity index (χ2n) is 5.12. The van der Waals surface area contributed by atoms with Crippen molar-refractivity contribution in [3.05, 3.63) is 59.7 Å². The number of benzene rings is 2. The van der Waals surface area contributed by atoms with Crippen molar-refractivity contribution in [1.29, 1.82) is 0 Å². The van der Waals surface area contributed by atoms with Crippen LogP contribution in [0.3, 0.4) is 0 Å². The van der Waals surface area contributed by atoms with Crippen LogP contribution in [0.2, 0.25) is 0 Å². The Kier molecular flexibility index (Phi) is 7.23. The van der Waals surface area contributed by atoms with E-state index in [9.17, 15) is 14.4 Å². The lowest BCUT2D eigenvalue weighted by molar-refractivity contribution is -0.119. The van der Waals surface area contributed by atoms with Crippen molar-refractivity contribution in [2.75, 3.05) is 24.8 Å². The third kappa shape index (κ3) is 5.35. The summed E-state index contributed by atoms with van der Waals surface area (Å²) in [4.78, 5) is 36.4.